The molecule has 112 valence electrons. The maximum absolute atomic E-state index is 9.28. The van der Waals surface area contributed by atoms with Crippen LogP contribution in [0.5, 0.6) is 0 Å². The molecule has 0 aliphatic carbocycles. The molecule has 1 aliphatic heterocycles. The molecule has 0 bridgehead atoms. The summed E-state index contributed by atoms with van der Waals surface area (Å²) in [6.45, 7) is 5.81. The molecule has 1 aliphatic rings. The zero-order chi connectivity index (χ0) is 14.2. The molecule has 2 unspecified atom stereocenters. The highest BCUT2D eigenvalue weighted by molar-refractivity contribution is 5.12. The number of aliphatic hydroxyl groups excluding tert-OH is 1. The van der Waals surface area contributed by atoms with Crippen molar-refractivity contribution >= 4 is 0 Å². The topological polar surface area (TPSA) is 48.4 Å². The quantitative estimate of drug-likeness (QED) is 0.713. The van der Waals surface area contributed by atoms with Gasteiger partial charge in [-0.2, -0.15) is 0 Å². The Morgan fingerprint density at radius 2 is 2.40 bits per heavy atom. The Kier molecular flexibility index (Phi) is 6.43. The summed E-state index contributed by atoms with van der Waals surface area (Å²) in [6.07, 6.45) is 8.51. The van der Waals surface area contributed by atoms with Crippen LogP contribution in [0.2, 0.25) is 0 Å². The molecule has 0 amide bonds. The number of aliphatic hydroxyl groups is 1. The number of rotatable bonds is 8. The van der Waals surface area contributed by atoms with E-state index in [0.717, 1.165) is 26.1 Å². The molecular weight excluding hydrogens is 250 g/mol. The molecule has 4 nitrogen and oxygen atoms in total. The highest BCUT2D eigenvalue weighted by atomic mass is 16.3. The van der Waals surface area contributed by atoms with Crippen LogP contribution in [0.4, 0.5) is 0 Å². The van der Waals surface area contributed by atoms with Gasteiger partial charge in [-0.3, -0.25) is 9.88 Å². The molecule has 20 heavy (non-hydrogen) atoms. The number of pyridine rings is 1. The monoisotopic (exact) mass is 277 g/mol. The van der Waals surface area contributed by atoms with Gasteiger partial charge in [0.05, 0.1) is 6.61 Å². The minimum atomic E-state index is 0.316. The molecule has 1 fully saturated rings. The third-order valence-corrected chi connectivity index (χ3v) is 4.22. The van der Waals surface area contributed by atoms with E-state index in [1.54, 1.807) is 0 Å². The maximum Gasteiger partial charge on any atom is 0.0586 e. The maximum atomic E-state index is 9.28. The third kappa shape index (κ3) is 4.54. The minimum Gasteiger partial charge on any atom is -0.395 e. The lowest BCUT2D eigenvalue weighted by Gasteiger charge is -2.22. The normalized spacial score (nSPS) is 21.2. The highest BCUT2D eigenvalue weighted by Crippen LogP contribution is 2.17. The van der Waals surface area contributed by atoms with Gasteiger partial charge in [0, 0.05) is 24.5 Å². The van der Waals surface area contributed by atoms with Crippen molar-refractivity contribution < 1.29 is 5.11 Å². The van der Waals surface area contributed by atoms with E-state index in [1.807, 2.05) is 18.5 Å². The number of aromatic nitrogens is 1. The molecular formula is C16H27N3O. The van der Waals surface area contributed by atoms with E-state index >= 15 is 0 Å². The van der Waals surface area contributed by atoms with Crippen molar-refractivity contribution in [2.45, 2.75) is 44.7 Å². The fourth-order valence-corrected chi connectivity index (χ4v) is 2.90. The molecule has 0 spiro atoms. The first-order chi connectivity index (χ1) is 9.81. The number of unbranched alkanes of at least 4 members (excludes halogenated alkanes) is 1. The lowest BCUT2D eigenvalue weighted by atomic mass is 10.1. The van der Waals surface area contributed by atoms with Gasteiger partial charge in [-0.1, -0.05) is 6.07 Å². The van der Waals surface area contributed by atoms with Crippen molar-refractivity contribution in [1.29, 1.82) is 0 Å². The average molecular weight is 277 g/mol. The molecule has 0 saturated carbocycles. The number of nitrogens with one attached hydrogen (secondary N) is 1. The fraction of sp³-hybridized carbons (Fsp3) is 0.688. The van der Waals surface area contributed by atoms with Gasteiger partial charge < -0.3 is 10.4 Å². The van der Waals surface area contributed by atoms with Gasteiger partial charge in [-0.25, -0.2) is 0 Å². The van der Waals surface area contributed by atoms with E-state index in [4.69, 9.17) is 0 Å². The average Bonchev–Trinajstić information content (AvgIpc) is 2.95. The second kappa shape index (κ2) is 8.35. The first kappa shape index (κ1) is 15.4. The van der Waals surface area contributed by atoms with Gasteiger partial charge in [0.1, 0.15) is 0 Å². The second-order valence-electron chi connectivity index (χ2n) is 5.68. The van der Waals surface area contributed by atoms with Crippen LogP contribution in [0, 0.1) is 0 Å². The first-order valence-electron chi connectivity index (χ1n) is 7.79. The number of hydrogen-bond donors (Lipinski definition) is 2. The van der Waals surface area contributed by atoms with E-state index in [9.17, 15) is 5.11 Å². The van der Waals surface area contributed by atoms with E-state index in [0.29, 0.717) is 18.7 Å². The molecule has 0 aromatic carbocycles. The van der Waals surface area contributed by atoms with Crippen LogP contribution in [-0.4, -0.2) is 47.3 Å². The number of nitrogens with zero attached hydrogens (tertiary/aromatic N) is 2. The van der Waals surface area contributed by atoms with Gasteiger partial charge in [0.2, 0.25) is 0 Å². The van der Waals surface area contributed by atoms with Crippen molar-refractivity contribution in [3.05, 3.63) is 30.1 Å². The van der Waals surface area contributed by atoms with E-state index in [-0.39, 0.29) is 0 Å². The van der Waals surface area contributed by atoms with Crippen LogP contribution in [0.15, 0.2) is 24.5 Å². The Morgan fingerprint density at radius 1 is 1.50 bits per heavy atom. The lowest BCUT2D eigenvalue weighted by Crippen LogP contribution is -2.33. The third-order valence-electron chi connectivity index (χ3n) is 4.22. The molecule has 1 aromatic rings. The van der Waals surface area contributed by atoms with Crippen molar-refractivity contribution in [3.8, 4) is 0 Å². The molecule has 2 rings (SSSR count). The van der Waals surface area contributed by atoms with Crippen LogP contribution in [0.3, 0.4) is 0 Å². The Morgan fingerprint density at radius 3 is 3.15 bits per heavy atom. The van der Waals surface area contributed by atoms with Gasteiger partial charge in [-0.15, -0.1) is 0 Å². The second-order valence-corrected chi connectivity index (χ2v) is 5.68. The molecule has 2 N–H and O–H groups in total. The molecule has 4 heteroatoms. The Bertz CT molecular complexity index is 371. The largest absolute Gasteiger partial charge is 0.395 e. The Balaban J connectivity index is 1.58. The fourth-order valence-electron chi connectivity index (χ4n) is 2.90. The summed E-state index contributed by atoms with van der Waals surface area (Å²) < 4.78 is 0. The van der Waals surface area contributed by atoms with Crippen molar-refractivity contribution in [2.24, 2.45) is 0 Å². The summed E-state index contributed by atoms with van der Waals surface area (Å²) in [5.41, 5.74) is 1.24. The summed E-state index contributed by atoms with van der Waals surface area (Å²) in [5.74, 6) is 0. The Hall–Kier alpha value is -0.970. The highest BCUT2D eigenvalue weighted by Gasteiger charge is 2.22. The van der Waals surface area contributed by atoms with Crippen LogP contribution < -0.4 is 5.32 Å². The van der Waals surface area contributed by atoms with Crippen LogP contribution in [0.25, 0.3) is 0 Å². The number of likely N-dealkylation sites (tertiary alicyclic amines) is 1. The van der Waals surface area contributed by atoms with E-state index < -0.39 is 0 Å². The smallest absolute Gasteiger partial charge is 0.0586 e. The molecule has 2 heterocycles. The van der Waals surface area contributed by atoms with Gasteiger partial charge >= 0.3 is 0 Å². The number of hydrogen-bond acceptors (Lipinski definition) is 4. The van der Waals surface area contributed by atoms with Crippen molar-refractivity contribution in [3.63, 3.8) is 0 Å². The predicted octanol–water partition coefficient (Wildman–Crippen LogP) is 1.97. The zero-order valence-electron chi connectivity index (χ0n) is 12.5. The molecule has 0 radical (unpaired) electrons. The molecule has 1 saturated heterocycles. The van der Waals surface area contributed by atoms with Gasteiger partial charge in [0.15, 0.2) is 0 Å². The van der Waals surface area contributed by atoms with Crippen molar-refractivity contribution in [2.75, 3.05) is 26.2 Å². The standard InChI is InChI=1S/C16H27N3O/c1-14(15-6-4-8-17-12-15)18-9-2-3-10-19-11-5-7-16(19)13-20/h4,6,8,12,14,16,18,20H,2-3,5,7,9-11,13H2,1H3. The van der Waals surface area contributed by atoms with Gasteiger partial charge in [0.25, 0.3) is 0 Å². The summed E-state index contributed by atoms with van der Waals surface area (Å²) in [4.78, 5) is 6.58. The zero-order valence-corrected chi connectivity index (χ0v) is 12.5. The summed E-state index contributed by atoms with van der Waals surface area (Å²) in [7, 11) is 0. The molecule has 2 atom stereocenters. The predicted molar refractivity (Wildman–Crippen MR) is 81.6 cm³/mol. The SMILES string of the molecule is CC(NCCCCN1CCCC1CO)c1cccnc1. The van der Waals surface area contributed by atoms with E-state index in [1.165, 1.54) is 24.8 Å². The lowest BCUT2D eigenvalue weighted by molar-refractivity contribution is 0.157. The van der Waals surface area contributed by atoms with E-state index in [2.05, 4.69) is 28.2 Å². The Labute approximate surface area is 122 Å². The van der Waals surface area contributed by atoms with Gasteiger partial charge in [-0.05, 0) is 63.9 Å². The summed E-state index contributed by atoms with van der Waals surface area (Å²) in [5, 5.41) is 12.8. The van der Waals surface area contributed by atoms with Crippen LogP contribution in [0.1, 0.15) is 44.2 Å². The molecule has 1 aromatic heterocycles. The minimum absolute atomic E-state index is 0.316. The van der Waals surface area contributed by atoms with Crippen LogP contribution in [-0.2, 0) is 0 Å². The summed E-state index contributed by atoms with van der Waals surface area (Å²) in [6, 6.07) is 4.87. The van der Waals surface area contributed by atoms with Crippen LogP contribution >= 0.6 is 0 Å². The first-order valence-corrected chi connectivity index (χ1v) is 7.79. The van der Waals surface area contributed by atoms with Crippen molar-refractivity contribution in [1.82, 2.24) is 15.2 Å². The summed E-state index contributed by atoms with van der Waals surface area (Å²) >= 11 is 0.